The zero-order chi connectivity index (χ0) is 12.1. The van der Waals surface area contributed by atoms with Gasteiger partial charge in [0.1, 0.15) is 0 Å². The van der Waals surface area contributed by atoms with E-state index >= 15 is 0 Å². The van der Waals surface area contributed by atoms with E-state index in [0.29, 0.717) is 5.92 Å². The average Bonchev–Trinajstić information content (AvgIpc) is 2.66. The molecule has 0 saturated heterocycles. The Balaban J connectivity index is 2.44. The maximum atomic E-state index is 12.0. The lowest BCUT2D eigenvalue weighted by molar-refractivity contribution is -0.126. The first kappa shape index (κ1) is 13.8. The lowest BCUT2D eigenvalue weighted by Crippen LogP contribution is -2.44. The van der Waals surface area contributed by atoms with Crippen molar-refractivity contribution in [2.75, 3.05) is 12.9 Å². The lowest BCUT2D eigenvalue weighted by Gasteiger charge is -2.24. The summed E-state index contributed by atoms with van der Waals surface area (Å²) in [5.41, 5.74) is 0. The number of amides is 1. The van der Waals surface area contributed by atoms with Gasteiger partial charge in [-0.2, -0.15) is 11.8 Å². The van der Waals surface area contributed by atoms with E-state index in [2.05, 4.69) is 12.2 Å². The normalized spacial score (nSPS) is 28.8. The molecule has 0 aromatic carbocycles. The van der Waals surface area contributed by atoms with E-state index in [1.807, 2.05) is 13.2 Å². The molecule has 0 heterocycles. The molecule has 0 aliphatic heterocycles. The van der Waals surface area contributed by atoms with Gasteiger partial charge in [-0.15, -0.1) is 0 Å². The fourth-order valence-electron chi connectivity index (χ4n) is 2.40. The van der Waals surface area contributed by atoms with Crippen LogP contribution in [0.2, 0.25) is 0 Å². The Morgan fingerprint density at radius 2 is 2.25 bits per heavy atom. The maximum absolute atomic E-state index is 12.0. The summed E-state index contributed by atoms with van der Waals surface area (Å²) in [6, 6.07) is 0.0419. The number of carbonyl (C=O) groups excluding carboxylic acids is 1. The van der Waals surface area contributed by atoms with Crippen LogP contribution in [0.3, 0.4) is 0 Å². The van der Waals surface area contributed by atoms with Crippen LogP contribution in [0.1, 0.15) is 33.1 Å². The van der Waals surface area contributed by atoms with Crippen LogP contribution in [0.25, 0.3) is 0 Å². The molecule has 2 N–H and O–H groups in total. The second-order valence-electron chi connectivity index (χ2n) is 4.77. The molecule has 1 aliphatic rings. The molecule has 4 unspecified atom stereocenters. The van der Waals surface area contributed by atoms with Crippen molar-refractivity contribution >= 4 is 17.7 Å². The molecule has 0 aromatic rings. The zero-order valence-electron chi connectivity index (χ0n) is 10.4. The van der Waals surface area contributed by atoms with Crippen LogP contribution in [0.5, 0.6) is 0 Å². The number of rotatable bonds is 5. The molecule has 1 rings (SSSR count). The second-order valence-corrected chi connectivity index (χ2v) is 5.85. The lowest BCUT2D eigenvalue weighted by atomic mass is 9.97. The van der Waals surface area contributed by atoms with Crippen LogP contribution in [0.15, 0.2) is 0 Å². The summed E-state index contributed by atoms with van der Waals surface area (Å²) in [5.74, 6) is 0.864. The predicted molar refractivity (Wildman–Crippen MR) is 68.5 cm³/mol. The molecule has 0 bridgehead atoms. The largest absolute Gasteiger partial charge is 0.395 e. The van der Waals surface area contributed by atoms with Gasteiger partial charge in [-0.3, -0.25) is 4.79 Å². The van der Waals surface area contributed by atoms with Crippen molar-refractivity contribution in [3.63, 3.8) is 0 Å². The van der Waals surface area contributed by atoms with Gasteiger partial charge in [0, 0.05) is 17.2 Å². The van der Waals surface area contributed by atoms with Gasteiger partial charge < -0.3 is 10.4 Å². The highest BCUT2D eigenvalue weighted by Crippen LogP contribution is 2.31. The Morgan fingerprint density at radius 1 is 1.56 bits per heavy atom. The highest BCUT2D eigenvalue weighted by atomic mass is 32.2. The molecule has 16 heavy (non-hydrogen) atoms. The minimum absolute atomic E-state index is 0.0419. The highest BCUT2D eigenvalue weighted by Gasteiger charge is 2.31. The molecule has 4 heteroatoms. The van der Waals surface area contributed by atoms with Crippen molar-refractivity contribution < 1.29 is 9.90 Å². The summed E-state index contributed by atoms with van der Waals surface area (Å²) in [5, 5.41) is 12.3. The number of thioether (sulfide) groups is 1. The van der Waals surface area contributed by atoms with Gasteiger partial charge in [0.15, 0.2) is 0 Å². The first-order chi connectivity index (χ1) is 7.60. The van der Waals surface area contributed by atoms with E-state index < -0.39 is 0 Å². The monoisotopic (exact) mass is 245 g/mol. The number of aliphatic hydroxyl groups is 1. The molecule has 0 aromatic heterocycles. The maximum Gasteiger partial charge on any atom is 0.223 e. The van der Waals surface area contributed by atoms with Crippen LogP contribution < -0.4 is 5.32 Å². The average molecular weight is 245 g/mol. The molecule has 4 atom stereocenters. The van der Waals surface area contributed by atoms with E-state index in [1.165, 1.54) is 12.8 Å². The Morgan fingerprint density at radius 3 is 2.69 bits per heavy atom. The quantitative estimate of drug-likeness (QED) is 0.774. The molecule has 0 radical (unpaired) electrons. The zero-order valence-corrected chi connectivity index (χ0v) is 11.2. The van der Waals surface area contributed by atoms with E-state index in [0.717, 1.165) is 6.42 Å². The summed E-state index contributed by atoms with van der Waals surface area (Å²) in [7, 11) is 0. The van der Waals surface area contributed by atoms with E-state index in [-0.39, 0.29) is 29.7 Å². The molecular formula is C12H23NO2S. The first-order valence-corrected chi connectivity index (χ1v) is 7.33. The van der Waals surface area contributed by atoms with Crippen molar-refractivity contribution in [3.8, 4) is 0 Å². The van der Waals surface area contributed by atoms with Gasteiger partial charge >= 0.3 is 0 Å². The number of aliphatic hydroxyl groups excluding tert-OH is 1. The third-order valence-corrected chi connectivity index (χ3v) is 4.77. The molecule has 94 valence electrons. The molecule has 1 aliphatic carbocycles. The van der Waals surface area contributed by atoms with Gasteiger partial charge in [0.2, 0.25) is 5.91 Å². The summed E-state index contributed by atoms with van der Waals surface area (Å²) >= 11 is 1.60. The Hall–Kier alpha value is -0.220. The smallest absolute Gasteiger partial charge is 0.223 e. The van der Waals surface area contributed by atoms with E-state index in [9.17, 15) is 4.79 Å². The second kappa shape index (κ2) is 6.50. The van der Waals surface area contributed by atoms with Crippen LogP contribution in [0, 0.1) is 11.8 Å². The van der Waals surface area contributed by atoms with E-state index in [4.69, 9.17) is 5.11 Å². The Bertz CT molecular complexity index is 231. The highest BCUT2D eigenvalue weighted by molar-refractivity contribution is 7.99. The van der Waals surface area contributed by atoms with Crippen molar-refractivity contribution in [2.24, 2.45) is 11.8 Å². The SMILES string of the molecule is CSC(CO)C(C)NC(=O)C1CCCC1C. The first-order valence-electron chi connectivity index (χ1n) is 6.04. The van der Waals surface area contributed by atoms with Gasteiger partial charge in [0.05, 0.1) is 6.61 Å². The van der Waals surface area contributed by atoms with Crippen LogP contribution in [0.4, 0.5) is 0 Å². The topological polar surface area (TPSA) is 49.3 Å². The summed E-state index contributed by atoms with van der Waals surface area (Å²) in [6.45, 7) is 4.23. The van der Waals surface area contributed by atoms with Crippen molar-refractivity contribution in [2.45, 2.75) is 44.4 Å². The minimum Gasteiger partial charge on any atom is -0.395 e. The summed E-state index contributed by atoms with van der Waals surface area (Å²) in [4.78, 5) is 12.0. The third-order valence-electron chi connectivity index (χ3n) is 3.61. The van der Waals surface area contributed by atoms with Gasteiger partial charge in [-0.1, -0.05) is 13.3 Å². The molecule has 1 amide bonds. The number of carbonyl (C=O) groups is 1. The van der Waals surface area contributed by atoms with Crippen molar-refractivity contribution in [1.82, 2.24) is 5.32 Å². The standard InChI is InChI=1S/C12H23NO2S/c1-8-5-4-6-10(8)12(15)13-9(2)11(7-14)16-3/h8-11,14H,4-7H2,1-3H3,(H,13,15). The number of nitrogens with one attached hydrogen (secondary N) is 1. The predicted octanol–water partition coefficient (Wildman–Crippen LogP) is 1.65. The van der Waals surface area contributed by atoms with Crippen LogP contribution in [-0.4, -0.2) is 35.2 Å². The summed E-state index contributed by atoms with van der Waals surface area (Å²) in [6.07, 6.45) is 5.31. The summed E-state index contributed by atoms with van der Waals surface area (Å²) < 4.78 is 0. The van der Waals surface area contributed by atoms with E-state index in [1.54, 1.807) is 11.8 Å². The number of hydrogen-bond donors (Lipinski definition) is 2. The molecular weight excluding hydrogens is 222 g/mol. The van der Waals surface area contributed by atoms with Crippen LogP contribution in [-0.2, 0) is 4.79 Å². The molecule has 0 spiro atoms. The molecule has 3 nitrogen and oxygen atoms in total. The fourth-order valence-corrected chi connectivity index (χ4v) is 3.02. The van der Waals surface area contributed by atoms with Gasteiger partial charge in [-0.25, -0.2) is 0 Å². The van der Waals surface area contributed by atoms with Crippen molar-refractivity contribution in [1.29, 1.82) is 0 Å². The molecule has 1 saturated carbocycles. The van der Waals surface area contributed by atoms with Crippen molar-refractivity contribution in [3.05, 3.63) is 0 Å². The van der Waals surface area contributed by atoms with Gasteiger partial charge in [-0.05, 0) is 31.9 Å². The Kier molecular flexibility index (Phi) is 5.62. The van der Waals surface area contributed by atoms with Gasteiger partial charge in [0.25, 0.3) is 0 Å². The third kappa shape index (κ3) is 3.39. The van der Waals surface area contributed by atoms with Crippen LogP contribution >= 0.6 is 11.8 Å². The Labute approximate surface area is 102 Å². The minimum atomic E-state index is 0.0419. The number of hydrogen-bond acceptors (Lipinski definition) is 3. The fraction of sp³-hybridized carbons (Fsp3) is 0.917. The molecule has 1 fully saturated rings.